The Morgan fingerprint density at radius 1 is 1.12 bits per heavy atom. The molecule has 2 aromatic heterocycles. The van der Waals surface area contributed by atoms with Crippen LogP contribution >= 0.6 is 11.8 Å². The molecule has 8 heteroatoms. The van der Waals surface area contributed by atoms with Crippen LogP contribution in [0.3, 0.4) is 0 Å². The maximum absolute atomic E-state index is 13.1. The predicted octanol–water partition coefficient (Wildman–Crippen LogP) is 4.47. The SMILES string of the molecule is CCOc1ccc(-n2c(SC(C)C(=O)N3CCC(C)CC3)nnc2-c2ccncc2)cc1. The summed E-state index contributed by atoms with van der Waals surface area (Å²) in [4.78, 5) is 19.2. The van der Waals surface area contributed by atoms with E-state index in [1.807, 2.05) is 59.7 Å². The molecule has 1 aliphatic heterocycles. The van der Waals surface area contributed by atoms with E-state index in [0.717, 1.165) is 42.9 Å². The Morgan fingerprint density at radius 2 is 1.81 bits per heavy atom. The summed E-state index contributed by atoms with van der Waals surface area (Å²) in [5.74, 6) is 2.37. The second-order valence-electron chi connectivity index (χ2n) is 8.07. The van der Waals surface area contributed by atoms with Crippen molar-refractivity contribution in [3.05, 3.63) is 48.8 Å². The lowest BCUT2D eigenvalue weighted by molar-refractivity contribution is -0.131. The summed E-state index contributed by atoms with van der Waals surface area (Å²) >= 11 is 1.45. The van der Waals surface area contributed by atoms with Crippen molar-refractivity contribution in [1.82, 2.24) is 24.6 Å². The van der Waals surface area contributed by atoms with Crippen molar-refractivity contribution >= 4 is 17.7 Å². The molecule has 0 radical (unpaired) electrons. The molecule has 4 rings (SSSR count). The Balaban J connectivity index is 1.63. The first-order valence-electron chi connectivity index (χ1n) is 11.1. The Bertz CT molecular complexity index is 1030. The number of pyridine rings is 1. The minimum atomic E-state index is -0.251. The van der Waals surface area contributed by atoms with E-state index in [4.69, 9.17) is 4.74 Å². The average molecular weight is 452 g/mol. The third-order valence-corrected chi connectivity index (χ3v) is 6.73. The van der Waals surface area contributed by atoms with Crippen molar-refractivity contribution in [2.45, 2.75) is 44.0 Å². The standard InChI is InChI=1S/C24H29N5O2S/c1-4-31-21-7-5-20(6-8-21)29-22(19-9-13-25-14-10-19)26-27-24(29)32-18(3)23(30)28-15-11-17(2)12-16-28/h5-10,13-14,17-18H,4,11-12,15-16H2,1-3H3. The monoisotopic (exact) mass is 451 g/mol. The number of aromatic nitrogens is 4. The van der Waals surface area contributed by atoms with Crippen molar-refractivity contribution in [1.29, 1.82) is 0 Å². The first-order chi connectivity index (χ1) is 15.6. The molecule has 1 amide bonds. The van der Waals surface area contributed by atoms with Crippen LogP contribution in [0.15, 0.2) is 53.9 Å². The molecule has 1 saturated heterocycles. The van der Waals surface area contributed by atoms with Gasteiger partial charge < -0.3 is 9.64 Å². The predicted molar refractivity (Wildman–Crippen MR) is 126 cm³/mol. The molecule has 168 valence electrons. The van der Waals surface area contributed by atoms with Crippen molar-refractivity contribution < 1.29 is 9.53 Å². The first-order valence-corrected chi connectivity index (χ1v) is 12.0. The Labute approximate surface area is 193 Å². The van der Waals surface area contributed by atoms with Crippen LogP contribution < -0.4 is 4.74 Å². The number of carbonyl (C=O) groups excluding carboxylic acids is 1. The molecule has 1 atom stereocenters. The third-order valence-electron chi connectivity index (χ3n) is 5.70. The van der Waals surface area contributed by atoms with Gasteiger partial charge in [-0.25, -0.2) is 0 Å². The summed E-state index contributed by atoms with van der Waals surface area (Å²) in [7, 11) is 0. The van der Waals surface area contributed by atoms with Crippen LogP contribution in [-0.2, 0) is 4.79 Å². The highest BCUT2D eigenvalue weighted by molar-refractivity contribution is 8.00. The van der Waals surface area contributed by atoms with Crippen molar-refractivity contribution in [3.63, 3.8) is 0 Å². The highest BCUT2D eigenvalue weighted by Crippen LogP contribution is 2.31. The van der Waals surface area contributed by atoms with E-state index >= 15 is 0 Å². The fraction of sp³-hybridized carbons (Fsp3) is 0.417. The molecule has 3 heterocycles. The number of nitrogens with zero attached hydrogens (tertiary/aromatic N) is 5. The highest BCUT2D eigenvalue weighted by Gasteiger charge is 2.27. The fourth-order valence-electron chi connectivity index (χ4n) is 3.82. The second kappa shape index (κ2) is 10.2. The lowest BCUT2D eigenvalue weighted by atomic mass is 9.99. The van der Waals surface area contributed by atoms with Crippen molar-refractivity contribution in [2.75, 3.05) is 19.7 Å². The van der Waals surface area contributed by atoms with Gasteiger partial charge >= 0.3 is 0 Å². The van der Waals surface area contributed by atoms with Gasteiger partial charge in [0.05, 0.1) is 11.9 Å². The van der Waals surface area contributed by atoms with E-state index in [-0.39, 0.29) is 11.2 Å². The van der Waals surface area contributed by atoms with Gasteiger partial charge in [0.2, 0.25) is 5.91 Å². The number of amides is 1. The molecule has 1 fully saturated rings. The smallest absolute Gasteiger partial charge is 0.235 e. The molecule has 0 aliphatic carbocycles. The normalized spacial score (nSPS) is 15.5. The van der Waals surface area contributed by atoms with Gasteiger partial charge in [-0.15, -0.1) is 10.2 Å². The number of hydrogen-bond acceptors (Lipinski definition) is 6. The molecule has 7 nitrogen and oxygen atoms in total. The van der Waals surface area contributed by atoms with Crippen LogP contribution in [0.5, 0.6) is 5.75 Å². The molecular formula is C24H29N5O2S. The molecule has 0 spiro atoms. The Kier molecular flexibility index (Phi) is 7.09. The number of rotatable bonds is 7. The maximum atomic E-state index is 13.1. The molecular weight excluding hydrogens is 422 g/mol. The maximum Gasteiger partial charge on any atom is 0.235 e. The second-order valence-corrected chi connectivity index (χ2v) is 9.38. The first kappa shape index (κ1) is 22.3. The summed E-state index contributed by atoms with van der Waals surface area (Å²) in [6, 6.07) is 11.7. The third kappa shape index (κ3) is 4.96. The van der Waals surface area contributed by atoms with Crippen LogP contribution in [-0.4, -0.2) is 55.5 Å². The van der Waals surface area contributed by atoms with Crippen LogP contribution in [0.1, 0.15) is 33.6 Å². The van der Waals surface area contributed by atoms with Gasteiger partial charge in [0, 0.05) is 36.7 Å². The number of benzene rings is 1. The van der Waals surface area contributed by atoms with Gasteiger partial charge in [-0.1, -0.05) is 18.7 Å². The van der Waals surface area contributed by atoms with Crippen molar-refractivity contribution in [2.24, 2.45) is 5.92 Å². The Hall–Kier alpha value is -2.87. The number of likely N-dealkylation sites (tertiary alicyclic amines) is 1. The summed E-state index contributed by atoms with van der Waals surface area (Å²) in [6.45, 7) is 8.45. The zero-order valence-electron chi connectivity index (χ0n) is 18.8. The number of ether oxygens (including phenoxy) is 1. The van der Waals surface area contributed by atoms with Crippen LogP contribution in [0.25, 0.3) is 17.1 Å². The number of carbonyl (C=O) groups is 1. The van der Waals surface area contributed by atoms with Crippen LogP contribution in [0.4, 0.5) is 0 Å². The van der Waals surface area contributed by atoms with E-state index < -0.39 is 0 Å². The van der Waals surface area contributed by atoms with E-state index in [1.165, 1.54) is 11.8 Å². The molecule has 0 N–H and O–H groups in total. The molecule has 1 aliphatic rings. The molecule has 1 unspecified atom stereocenters. The Morgan fingerprint density at radius 3 is 2.47 bits per heavy atom. The van der Waals surface area contributed by atoms with Crippen LogP contribution in [0.2, 0.25) is 0 Å². The zero-order valence-corrected chi connectivity index (χ0v) is 19.6. The van der Waals surface area contributed by atoms with Gasteiger partial charge in [-0.3, -0.25) is 14.3 Å². The van der Waals surface area contributed by atoms with Crippen molar-refractivity contribution in [3.8, 4) is 22.8 Å². The largest absolute Gasteiger partial charge is 0.494 e. The summed E-state index contributed by atoms with van der Waals surface area (Å²) in [5.41, 5.74) is 1.83. The van der Waals surface area contributed by atoms with Gasteiger partial charge in [0.1, 0.15) is 5.75 Å². The lowest BCUT2D eigenvalue weighted by Gasteiger charge is -2.32. The minimum absolute atomic E-state index is 0.161. The van der Waals surface area contributed by atoms with Gasteiger partial charge in [-0.05, 0) is 69.0 Å². The zero-order chi connectivity index (χ0) is 22.5. The lowest BCUT2D eigenvalue weighted by Crippen LogP contribution is -2.41. The number of hydrogen-bond donors (Lipinski definition) is 0. The fourth-order valence-corrected chi connectivity index (χ4v) is 4.77. The highest BCUT2D eigenvalue weighted by atomic mass is 32.2. The van der Waals surface area contributed by atoms with E-state index in [0.29, 0.717) is 23.5 Å². The van der Waals surface area contributed by atoms with E-state index in [1.54, 1.807) is 12.4 Å². The molecule has 3 aromatic rings. The summed E-state index contributed by atoms with van der Waals surface area (Å²) in [6.07, 6.45) is 5.61. The van der Waals surface area contributed by atoms with E-state index in [2.05, 4.69) is 22.1 Å². The van der Waals surface area contributed by atoms with Crippen LogP contribution in [0, 0.1) is 5.92 Å². The number of thioether (sulfide) groups is 1. The molecule has 1 aromatic carbocycles. The van der Waals surface area contributed by atoms with E-state index in [9.17, 15) is 4.79 Å². The quantitative estimate of drug-likeness (QED) is 0.494. The number of piperidine rings is 1. The molecule has 0 saturated carbocycles. The minimum Gasteiger partial charge on any atom is -0.494 e. The van der Waals surface area contributed by atoms with Gasteiger partial charge in [0.25, 0.3) is 0 Å². The summed E-state index contributed by atoms with van der Waals surface area (Å²) in [5, 5.41) is 9.36. The van der Waals surface area contributed by atoms with Gasteiger partial charge in [0.15, 0.2) is 11.0 Å². The van der Waals surface area contributed by atoms with Gasteiger partial charge in [-0.2, -0.15) is 0 Å². The average Bonchev–Trinajstić information content (AvgIpc) is 3.24. The summed E-state index contributed by atoms with van der Waals surface area (Å²) < 4.78 is 7.59. The molecule has 0 bridgehead atoms. The molecule has 32 heavy (non-hydrogen) atoms. The topological polar surface area (TPSA) is 73.1 Å².